The molecule has 1 aliphatic heterocycles. The van der Waals surface area contributed by atoms with Gasteiger partial charge in [-0.3, -0.25) is 0 Å². The summed E-state index contributed by atoms with van der Waals surface area (Å²) in [5.41, 5.74) is 2.45. The second-order valence-corrected chi connectivity index (χ2v) is 4.96. The van der Waals surface area contributed by atoms with E-state index in [1.165, 1.54) is 18.4 Å². The van der Waals surface area contributed by atoms with Gasteiger partial charge >= 0.3 is 0 Å². The fourth-order valence-electron chi connectivity index (χ4n) is 2.74. The lowest BCUT2D eigenvalue weighted by Crippen LogP contribution is -2.30. The van der Waals surface area contributed by atoms with Crippen LogP contribution in [-0.4, -0.2) is 27.3 Å². The maximum absolute atomic E-state index is 5.57. The van der Waals surface area contributed by atoms with Gasteiger partial charge in [0, 0.05) is 12.7 Å². The van der Waals surface area contributed by atoms with Crippen LogP contribution in [0.3, 0.4) is 0 Å². The summed E-state index contributed by atoms with van der Waals surface area (Å²) in [7, 11) is 3.47. The summed E-state index contributed by atoms with van der Waals surface area (Å²) in [6, 6.07) is 6.35. The van der Waals surface area contributed by atoms with E-state index in [0.29, 0.717) is 6.61 Å². The molecule has 3 nitrogen and oxygen atoms in total. The molecule has 1 atom stereocenters. The van der Waals surface area contributed by atoms with Crippen molar-refractivity contribution in [1.82, 2.24) is 5.32 Å². The Morgan fingerprint density at radius 3 is 2.78 bits per heavy atom. The standard InChI is InChI=1S/C15H23NO2/c1-17-11-14-7-3-6-13(15(14)18-2)9-12-5-4-8-16-10-12/h3,6-7,12,16H,4-5,8-11H2,1-2H3. The number of piperidine rings is 1. The highest BCUT2D eigenvalue weighted by molar-refractivity contribution is 5.41. The molecule has 0 aliphatic carbocycles. The number of rotatable bonds is 5. The molecular weight excluding hydrogens is 226 g/mol. The summed E-state index contributed by atoms with van der Waals surface area (Å²) in [6.45, 7) is 2.90. The van der Waals surface area contributed by atoms with Crippen LogP contribution < -0.4 is 10.1 Å². The molecule has 18 heavy (non-hydrogen) atoms. The topological polar surface area (TPSA) is 30.5 Å². The number of hydrogen-bond acceptors (Lipinski definition) is 3. The van der Waals surface area contributed by atoms with Gasteiger partial charge in [-0.1, -0.05) is 18.2 Å². The van der Waals surface area contributed by atoms with E-state index in [0.717, 1.165) is 36.7 Å². The minimum atomic E-state index is 0.611. The van der Waals surface area contributed by atoms with E-state index < -0.39 is 0 Å². The first-order chi connectivity index (χ1) is 8.85. The average Bonchev–Trinajstić information content (AvgIpc) is 2.41. The van der Waals surface area contributed by atoms with Crippen molar-refractivity contribution >= 4 is 0 Å². The van der Waals surface area contributed by atoms with Gasteiger partial charge in [-0.25, -0.2) is 0 Å². The lowest BCUT2D eigenvalue weighted by Gasteiger charge is -2.24. The number of methoxy groups -OCH3 is 2. The molecule has 100 valence electrons. The maximum atomic E-state index is 5.57. The van der Waals surface area contributed by atoms with E-state index in [-0.39, 0.29) is 0 Å². The summed E-state index contributed by atoms with van der Waals surface area (Å²) in [5, 5.41) is 3.47. The first-order valence-corrected chi connectivity index (χ1v) is 6.69. The molecule has 1 aliphatic rings. The Morgan fingerprint density at radius 1 is 1.28 bits per heavy atom. The number of hydrogen-bond donors (Lipinski definition) is 1. The van der Waals surface area contributed by atoms with Gasteiger partial charge in [-0.15, -0.1) is 0 Å². The summed E-state index contributed by atoms with van der Waals surface area (Å²) in [6.07, 6.45) is 3.68. The lowest BCUT2D eigenvalue weighted by atomic mass is 9.91. The Kier molecular flexibility index (Phi) is 5.02. The van der Waals surface area contributed by atoms with Crippen LogP contribution in [0, 0.1) is 5.92 Å². The first-order valence-electron chi connectivity index (χ1n) is 6.69. The molecule has 1 saturated heterocycles. The van der Waals surface area contributed by atoms with Crippen LogP contribution in [0.5, 0.6) is 5.75 Å². The maximum Gasteiger partial charge on any atom is 0.127 e. The predicted molar refractivity (Wildman–Crippen MR) is 73.0 cm³/mol. The number of nitrogens with one attached hydrogen (secondary N) is 1. The first kappa shape index (κ1) is 13.4. The van der Waals surface area contributed by atoms with Crippen LogP contribution in [0.25, 0.3) is 0 Å². The Labute approximate surface area is 109 Å². The van der Waals surface area contributed by atoms with Crippen LogP contribution in [0.1, 0.15) is 24.0 Å². The van der Waals surface area contributed by atoms with E-state index >= 15 is 0 Å². The van der Waals surface area contributed by atoms with Crippen molar-refractivity contribution in [3.05, 3.63) is 29.3 Å². The number of para-hydroxylation sites is 1. The van der Waals surface area contributed by atoms with Crippen molar-refractivity contribution in [3.8, 4) is 5.75 Å². The molecular formula is C15H23NO2. The quantitative estimate of drug-likeness (QED) is 0.869. The normalized spacial score (nSPS) is 19.8. The van der Waals surface area contributed by atoms with Crippen LogP contribution in [0.4, 0.5) is 0 Å². The lowest BCUT2D eigenvalue weighted by molar-refractivity contribution is 0.181. The minimum Gasteiger partial charge on any atom is -0.496 e. The second kappa shape index (κ2) is 6.76. The highest BCUT2D eigenvalue weighted by atomic mass is 16.5. The van der Waals surface area contributed by atoms with E-state index in [9.17, 15) is 0 Å². The van der Waals surface area contributed by atoms with Gasteiger partial charge in [0.25, 0.3) is 0 Å². The largest absolute Gasteiger partial charge is 0.496 e. The minimum absolute atomic E-state index is 0.611. The van der Waals surface area contributed by atoms with Gasteiger partial charge in [0.2, 0.25) is 0 Å². The molecule has 0 saturated carbocycles. The molecule has 0 amide bonds. The van der Waals surface area contributed by atoms with Crippen molar-refractivity contribution in [3.63, 3.8) is 0 Å². The Morgan fingerprint density at radius 2 is 2.11 bits per heavy atom. The third kappa shape index (κ3) is 3.24. The van der Waals surface area contributed by atoms with E-state index in [4.69, 9.17) is 9.47 Å². The van der Waals surface area contributed by atoms with E-state index in [1.54, 1.807) is 14.2 Å². The van der Waals surface area contributed by atoms with Gasteiger partial charge in [0.05, 0.1) is 13.7 Å². The Hall–Kier alpha value is -1.06. The van der Waals surface area contributed by atoms with Crippen molar-refractivity contribution in [2.75, 3.05) is 27.3 Å². The van der Waals surface area contributed by atoms with Crippen molar-refractivity contribution in [2.24, 2.45) is 5.92 Å². The highest BCUT2D eigenvalue weighted by Crippen LogP contribution is 2.28. The molecule has 1 aromatic carbocycles. The van der Waals surface area contributed by atoms with E-state index in [2.05, 4.69) is 23.5 Å². The van der Waals surface area contributed by atoms with E-state index in [1.807, 2.05) is 0 Å². The van der Waals surface area contributed by atoms with Crippen molar-refractivity contribution in [1.29, 1.82) is 0 Å². The summed E-state index contributed by atoms with van der Waals surface area (Å²) >= 11 is 0. The molecule has 1 unspecified atom stereocenters. The molecule has 0 spiro atoms. The summed E-state index contributed by atoms with van der Waals surface area (Å²) in [4.78, 5) is 0. The molecule has 0 aromatic heterocycles. The highest BCUT2D eigenvalue weighted by Gasteiger charge is 2.17. The number of ether oxygens (including phenoxy) is 2. The van der Waals surface area contributed by atoms with Gasteiger partial charge in [0.15, 0.2) is 0 Å². The summed E-state index contributed by atoms with van der Waals surface area (Å²) < 4.78 is 10.8. The number of benzene rings is 1. The molecule has 1 aromatic rings. The Balaban J connectivity index is 2.12. The second-order valence-electron chi connectivity index (χ2n) is 4.96. The van der Waals surface area contributed by atoms with Crippen LogP contribution >= 0.6 is 0 Å². The van der Waals surface area contributed by atoms with Crippen LogP contribution in [0.2, 0.25) is 0 Å². The fraction of sp³-hybridized carbons (Fsp3) is 0.600. The molecule has 1 heterocycles. The zero-order chi connectivity index (χ0) is 12.8. The molecule has 3 heteroatoms. The smallest absolute Gasteiger partial charge is 0.127 e. The van der Waals surface area contributed by atoms with Crippen molar-refractivity contribution in [2.45, 2.75) is 25.9 Å². The predicted octanol–water partition coefficient (Wildman–Crippen LogP) is 2.38. The zero-order valence-electron chi connectivity index (χ0n) is 11.4. The third-order valence-electron chi connectivity index (χ3n) is 3.59. The molecule has 1 fully saturated rings. The Bertz CT molecular complexity index is 373. The fourth-order valence-corrected chi connectivity index (χ4v) is 2.74. The molecule has 1 N–H and O–H groups in total. The van der Waals surface area contributed by atoms with Gasteiger partial charge in [0.1, 0.15) is 5.75 Å². The van der Waals surface area contributed by atoms with Gasteiger partial charge in [-0.05, 0) is 43.8 Å². The van der Waals surface area contributed by atoms with Crippen molar-refractivity contribution < 1.29 is 9.47 Å². The SMILES string of the molecule is COCc1cccc(CC2CCCNC2)c1OC. The zero-order valence-corrected chi connectivity index (χ0v) is 11.4. The van der Waals surface area contributed by atoms with Gasteiger partial charge < -0.3 is 14.8 Å². The molecule has 2 rings (SSSR count). The molecule has 0 bridgehead atoms. The average molecular weight is 249 g/mol. The third-order valence-corrected chi connectivity index (χ3v) is 3.59. The van der Waals surface area contributed by atoms with Gasteiger partial charge in [-0.2, -0.15) is 0 Å². The summed E-state index contributed by atoms with van der Waals surface area (Å²) in [5.74, 6) is 1.73. The molecule has 0 radical (unpaired) electrons. The van der Waals surface area contributed by atoms with Crippen LogP contribution in [0.15, 0.2) is 18.2 Å². The van der Waals surface area contributed by atoms with Crippen LogP contribution in [-0.2, 0) is 17.8 Å². The monoisotopic (exact) mass is 249 g/mol.